The summed E-state index contributed by atoms with van der Waals surface area (Å²) in [5.74, 6) is -4.90. The number of aliphatic carboxylic acids is 1. The maximum Gasteiger partial charge on any atom is 0.306 e. The molecule has 0 aromatic heterocycles. The third kappa shape index (κ3) is 5.22. The summed E-state index contributed by atoms with van der Waals surface area (Å²) in [4.78, 5) is 37.4. The van der Waals surface area contributed by atoms with Gasteiger partial charge in [0.1, 0.15) is 23.2 Å². The van der Waals surface area contributed by atoms with Crippen LogP contribution in [0.4, 0.5) is 8.78 Å². The number of morpholine rings is 1. The third-order valence-corrected chi connectivity index (χ3v) is 4.26. The lowest BCUT2D eigenvalue weighted by atomic mass is 10.0. The summed E-state index contributed by atoms with van der Waals surface area (Å²) in [5.41, 5.74) is -0.748. The molecule has 1 aliphatic heterocycles. The van der Waals surface area contributed by atoms with Crippen LogP contribution in [0.25, 0.3) is 0 Å². The van der Waals surface area contributed by atoms with Crippen molar-refractivity contribution in [3.05, 3.63) is 35.4 Å². The van der Waals surface area contributed by atoms with Gasteiger partial charge in [0.15, 0.2) is 0 Å². The van der Waals surface area contributed by atoms with Gasteiger partial charge < -0.3 is 20.1 Å². The molecule has 2 N–H and O–H groups in total. The van der Waals surface area contributed by atoms with Crippen LogP contribution < -0.4 is 5.32 Å². The highest BCUT2D eigenvalue weighted by Crippen LogP contribution is 2.16. The smallest absolute Gasteiger partial charge is 0.306 e. The highest BCUT2D eigenvalue weighted by atomic mass is 19.1. The van der Waals surface area contributed by atoms with Crippen molar-refractivity contribution in [2.45, 2.75) is 32.4 Å². The molecule has 1 fully saturated rings. The van der Waals surface area contributed by atoms with Crippen LogP contribution in [-0.2, 0) is 14.3 Å². The predicted molar refractivity (Wildman–Crippen MR) is 91.0 cm³/mol. The molecule has 2 amide bonds. The number of nitrogens with zero attached hydrogens (tertiary/aromatic N) is 1. The number of carbonyl (C=O) groups excluding carboxylic acids is 2. The standard InChI is InChI=1S/C18H22F2N2O5/c1-10(2)16(21-17(25)15-12(19)4-3-5-13(15)20)18(26)22-6-7-27-11(9-22)8-14(23)24/h3-5,10-11,16H,6-9H2,1-2H3,(H,21,25)(H,23,24). The van der Waals surface area contributed by atoms with Crippen molar-refractivity contribution in [2.24, 2.45) is 5.92 Å². The van der Waals surface area contributed by atoms with E-state index < -0.39 is 47.1 Å². The summed E-state index contributed by atoms with van der Waals surface area (Å²) in [6, 6.07) is 2.05. The van der Waals surface area contributed by atoms with Crippen molar-refractivity contribution in [1.29, 1.82) is 0 Å². The highest BCUT2D eigenvalue weighted by molar-refractivity contribution is 5.98. The van der Waals surface area contributed by atoms with Gasteiger partial charge in [-0.05, 0) is 18.1 Å². The van der Waals surface area contributed by atoms with Gasteiger partial charge >= 0.3 is 5.97 Å². The maximum absolute atomic E-state index is 13.8. The van der Waals surface area contributed by atoms with Crippen LogP contribution in [0.15, 0.2) is 18.2 Å². The third-order valence-electron chi connectivity index (χ3n) is 4.26. The fourth-order valence-corrected chi connectivity index (χ4v) is 2.88. The molecule has 1 aromatic carbocycles. The van der Waals surface area contributed by atoms with E-state index in [4.69, 9.17) is 9.84 Å². The topological polar surface area (TPSA) is 95.9 Å². The van der Waals surface area contributed by atoms with E-state index in [-0.39, 0.29) is 32.0 Å². The first-order chi connectivity index (χ1) is 12.7. The lowest BCUT2D eigenvalue weighted by Crippen LogP contribution is -2.55. The van der Waals surface area contributed by atoms with Crippen molar-refractivity contribution in [1.82, 2.24) is 10.2 Å². The van der Waals surface area contributed by atoms with E-state index in [1.54, 1.807) is 13.8 Å². The second kappa shape index (κ2) is 8.90. The molecule has 2 atom stereocenters. The van der Waals surface area contributed by atoms with Gasteiger partial charge in [0.05, 0.1) is 19.1 Å². The molecule has 2 unspecified atom stereocenters. The molecule has 0 spiro atoms. The quantitative estimate of drug-likeness (QED) is 0.773. The zero-order chi connectivity index (χ0) is 20.1. The Morgan fingerprint density at radius 2 is 1.93 bits per heavy atom. The molecular weight excluding hydrogens is 362 g/mol. The molecule has 148 valence electrons. The van der Waals surface area contributed by atoms with E-state index in [1.807, 2.05) is 0 Å². The Bertz CT molecular complexity index is 705. The second-order valence-electron chi connectivity index (χ2n) is 6.67. The number of carbonyl (C=O) groups is 3. The zero-order valence-corrected chi connectivity index (χ0v) is 15.1. The maximum atomic E-state index is 13.8. The van der Waals surface area contributed by atoms with Gasteiger partial charge in [0.2, 0.25) is 5.91 Å². The number of amides is 2. The fraction of sp³-hybridized carbons (Fsp3) is 0.500. The fourth-order valence-electron chi connectivity index (χ4n) is 2.88. The molecule has 1 aromatic rings. The Labute approximate surface area is 155 Å². The Hall–Kier alpha value is -2.55. The lowest BCUT2D eigenvalue weighted by Gasteiger charge is -2.35. The monoisotopic (exact) mass is 384 g/mol. The zero-order valence-electron chi connectivity index (χ0n) is 15.1. The highest BCUT2D eigenvalue weighted by Gasteiger charge is 2.33. The predicted octanol–water partition coefficient (Wildman–Crippen LogP) is 1.42. The molecule has 27 heavy (non-hydrogen) atoms. The molecule has 7 nitrogen and oxygen atoms in total. The number of halogens is 2. The van der Waals surface area contributed by atoms with Crippen LogP contribution in [0.2, 0.25) is 0 Å². The van der Waals surface area contributed by atoms with E-state index in [0.29, 0.717) is 0 Å². The minimum Gasteiger partial charge on any atom is -0.481 e. The second-order valence-corrected chi connectivity index (χ2v) is 6.67. The molecule has 1 aliphatic rings. The summed E-state index contributed by atoms with van der Waals surface area (Å²) < 4.78 is 33.0. The van der Waals surface area contributed by atoms with Crippen LogP contribution >= 0.6 is 0 Å². The summed E-state index contributed by atoms with van der Waals surface area (Å²) in [5, 5.41) is 11.3. The van der Waals surface area contributed by atoms with Gasteiger partial charge in [0, 0.05) is 13.1 Å². The molecule has 1 heterocycles. The molecule has 0 saturated carbocycles. The van der Waals surface area contributed by atoms with Gasteiger partial charge in [-0.3, -0.25) is 14.4 Å². The van der Waals surface area contributed by atoms with Crippen LogP contribution in [0, 0.1) is 17.6 Å². The minimum atomic E-state index is -1.04. The average molecular weight is 384 g/mol. The van der Waals surface area contributed by atoms with Crippen LogP contribution in [0.3, 0.4) is 0 Å². The van der Waals surface area contributed by atoms with Crippen LogP contribution in [-0.4, -0.2) is 59.6 Å². The first-order valence-corrected chi connectivity index (χ1v) is 8.57. The van der Waals surface area contributed by atoms with E-state index >= 15 is 0 Å². The molecule has 0 aliphatic carbocycles. The molecule has 1 saturated heterocycles. The number of carboxylic acid groups (broad SMARTS) is 1. The van der Waals surface area contributed by atoms with Gasteiger partial charge in [-0.15, -0.1) is 0 Å². The molecule has 0 radical (unpaired) electrons. The Morgan fingerprint density at radius 3 is 2.48 bits per heavy atom. The van der Waals surface area contributed by atoms with Gasteiger partial charge in [0.25, 0.3) is 5.91 Å². The Balaban J connectivity index is 2.13. The summed E-state index contributed by atoms with van der Waals surface area (Å²) >= 11 is 0. The number of hydrogen-bond donors (Lipinski definition) is 2. The van der Waals surface area contributed by atoms with Crippen LogP contribution in [0.1, 0.15) is 30.6 Å². The number of nitrogens with one attached hydrogen (secondary N) is 1. The lowest BCUT2D eigenvalue weighted by molar-refractivity contribution is -0.149. The van der Waals surface area contributed by atoms with Crippen molar-refractivity contribution in [2.75, 3.05) is 19.7 Å². The van der Waals surface area contributed by atoms with E-state index in [0.717, 1.165) is 18.2 Å². The van der Waals surface area contributed by atoms with Gasteiger partial charge in [-0.1, -0.05) is 19.9 Å². The van der Waals surface area contributed by atoms with Gasteiger partial charge in [-0.2, -0.15) is 0 Å². The molecular formula is C18H22F2N2O5. The number of carboxylic acids is 1. The molecule has 0 bridgehead atoms. The molecule has 9 heteroatoms. The largest absolute Gasteiger partial charge is 0.481 e. The van der Waals surface area contributed by atoms with Crippen LogP contribution in [0.5, 0.6) is 0 Å². The summed E-state index contributed by atoms with van der Waals surface area (Å²) in [6.45, 7) is 3.86. The van der Waals surface area contributed by atoms with E-state index in [9.17, 15) is 23.2 Å². The van der Waals surface area contributed by atoms with Crippen molar-refractivity contribution in [3.8, 4) is 0 Å². The van der Waals surface area contributed by atoms with E-state index in [1.165, 1.54) is 4.90 Å². The summed E-state index contributed by atoms with van der Waals surface area (Å²) in [7, 11) is 0. The molecule has 2 rings (SSSR count). The SMILES string of the molecule is CC(C)C(NC(=O)c1c(F)cccc1F)C(=O)N1CCOC(CC(=O)O)C1. The number of ether oxygens (including phenoxy) is 1. The first kappa shape index (κ1) is 20.8. The first-order valence-electron chi connectivity index (χ1n) is 8.57. The van der Waals surface area contributed by atoms with Crippen molar-refractivity contribution < 1.29 is 33.0 Å². The number of rotatable bonds is 6. The van der Waals surface area contributed by atoms with Gasteiger partial charge in [-0.25, -0.2) is 8.78 Å². The van der Waals surface area contributed by atoms with E-state index in [2.05, 4.69) is 5.32 Å². The Kier molecular flexibility index (Phi) is 6.84. The normalized spacial score (nSPS) is 18.3. The number of hydrogen-bond acceptors (Lipinski definition) is 4. The average Bonchev–Trinajstić information content (AvgIpc) is 2.58. The summed E-state index contributed by atoms with van der Waals surface area (Å²) in [6.07, 6.45) is -0.893. The minimum absolute atomic E-state index is 0.0677. The van der Waals surface area contributed by atoms with Crippen molar-refractivity contribution in [3.63, 3.8) is 0 Å². The van der Waals surface area contributed by atoms with Crippen molar-refractivity contribution >= 4 is 17.8 Å². The number of benzene rings is 1. The Morgan fingerprint density at radius 1 is 1.30 bits per heavy atom.